The Balaban J connectivity index is 2.26. The van der Waals surface area contributed by atoms with Crippen LogP contribution in [-0.2, 0) is 0 Å². The van der Waals surface area contributed by atoms with E-state index in [0.717, 1.165) is 13.1 Å². The predicted molar refractivity (Wildman–Crippen MR) is 47.9 cm³/mol. The first-order chi connectivity index (χ1) is 5.74. The van der Waals surface area contributed by atoms with Crippen molar-refractivity contribution >= 4 is 6.03 Å². The third-order valence-electron chi connectivity index (χ3n) is 2.42. The molecular formula is C8H17N3O. The Morgan fingerprint density at radius 2 is 2.50 bits per heavy atom. The first-order valence-corrected chi connectivity index (χ1v) is 4.51. The molecule has 0 aromatic carbocycles. The highest BCUT2D eigenvalue weighted by Crippen LogP contribution is 2.15. The number of nitrogens with zero attached hydrogens (tertiary/aromatic N) is 1. The number of hydrogen-bond acceptors (Lipinski definition) is 2. The Hall–Kier alpha value is -0.770. The second-order valence-electron chi connectivity index (χ2n) is 3.17. The van der Waals surface area contributed by atoms with E-state index in [1.54, 1.807) is 0 Å². The van der Waals surface area contributed by atoms with Gasteiger partial charge >= 0.3 is 6.03 Å². The predicted octanol–water partition coefficient (Wildman–Crippen LogP) is 0.139. The fourth-order valence-electron chi connectivity index (χ4n) is 1.76. The average Bonchev–Trinajstić information content (AvgIpc) is 2.47. The van der Waals surface area contributed by atoms with Crippen molar-refractivity contribution < 1.29 is 4.79 Å². The second-order valence-corrected chi connectivity index (χ2v) is 3.17. The molecule has 1 fully saturated rings. The number of hydrogen-bond donors (Lipinski definition) is 2. The molecule has 1 heterocycles. The van der Waals surface area contributed by atoms with Crippen molar-refractivity contribution in [3.05, 3.63) is 0 Å². The lowest BCUT2D eigenvalue weighted by atomic mass is 10.2. The Labute approximate surface area is 73.1 Å². The van der Waals surface area contributed by atoms with E-state index >= 15 is 0 Å². The minimum absolute atomic E-state index is 0.419. The quantitative estimate of drug-likeness (QED) is 0.634. The molecule has 0 bridgehead atoms. The first kappa shape index (κ1) is 9.32. The van der Waals surface area contributed by atoms with Crippen LogP contribution in [-0.4, -0.2) is 36.6 Å². The number of amides is 2. The third-order valence-corrected chi connectivity index (χ3v) is 2.42. The van der Waals surface area contributed by atoms with Crippen molar-refractivity contribution in [1.29, 1.82) is 0 Å². The number of nitrogens with one attached hydrogen (secondary N) is 1. The molecule has 0 unspecified atom stereocenters. The molecule has 3 N–H and O–H groups in total. The standard InChI is InChI=1S/C8H17N3O/c1-2-11-5-3-4-7(11)6-10-8(9)12/h7H,2-6H2,1H3,(H3,9,10,12)/t7-/m0/s1. The minimum atomic E-state index is -0.419. The molecule has 0 spiro atoms. The summed E-state index contributed by atoms with van der Waals surface area (Å²) in [5.41, 5.74) is 4.99. The fraction of sp³-hybridized carbons (Fsp3) is 0.875. The van der Waals surface area contributed by atoms with Crippen molar-refractivity contribution in [3.63, 3.8) is 0 Å². The van der Waals surface area contributed by atoms with Crippen molar-refractivity contribution in [3.8, 4) is 0 Å². The van der Waals surface area contributed by atoms with Crippen molar-refractivity contribution in [1.82, 2.24) is 10.2 Å². The Morgan fingerprint density at radius 3 is 3.08 bits per heavy atom. The molecule has 1 saturated heterocycles. The normalized spacial score (nSPS) is 24.2. The van der Waals surface area contributed by atoms with E-state index in [1.165, 1.54) is 12.8 Å². The zero-order chi connectivity index (χ0) is 8.97. The summed E-state index contributed by atoms with van der Waals surface area (Å²) >= 11 is 0. The fourth-order valence-corrected chi connectivity index (χ4v) is 1.76. The smallest absolute Gasteiger partial charge is 0.312 e. The van der Waals surface area contributed by atoms with Gasteiger partial charge in [0.2, 0.25) is 0 Å². The van der Waals surface area contributed by atoms with E-state index in [2.05, 4.69) is 17.1 Å². The number of rotatable bonds is 3. The SMILES string of the molecule is CCN1CCC[C@H]1CNC(N)=O. The maximum absolute atomic E-state index is 10.4. The van der Waals surface area contributed by atoms with Gasteiger partial charge in [0.25, 0.3) is 0 Å². The number of urea groups is 1. The monoisotopic (exact) mass is 171 g/mol. The number of likely N-dealkylation sites (N-methyl/N-ethyl adjacent to an activating group) is 1. The largest absolute Gasteiger partial charge is 0.352 e. The van der Waals surface area contributed by atoms with Crippen LogP contribution in [0.3, 0.4) is 0 Å². The van der Waals surface area contributed by atoms with Gasteiger partial charge < -0.3 is 11.1 Å². The Kier molecular flexibility index (Phi) is 3.34. The highest BCUT2D eigenvalue weighted by molar-refractivity contribution is 5.71. The van der Waals surface area contributed by atoms with Crippen LogP contribution < -0.4 is 11.1 Å². The van der Waals surface area contributed by atoms with E-state index in [0.29, 0.717) is 12.6 Å². The van der Waals surface area contributed by atoms with Gasteiger partial charge in [-0.3, -0.25) is 4.90 Å². The molecule has 0 aromatic rings. The average molecular weight is 171 g/mol. The molecule has 70 valence electrons. The van der Waals surface area contributed by atoms with Gasteiger partial charge in [0.15, 0.2) is 0 Å². The molecule has 0 saturated carbocycles. The highest BCUT2D eigenvalue weighted by atomic mass is 16.2. The first-order valence-electron chi connectivity index (χ1n) is 4.51. The summed E-state index contributed by atoms with van der Waals surface area (Å²) < 4.78 is 0. The zero-order valence-electron chi connectivity index (χ0n) is 7.55. The summed E-state index contributed by atoms with van der Waals surface area (Å²) in [5, 5.41) is 2.65. The molecule has 1 aliphatic rings. The summed E-state index contributed by atoms with van der Waals surface area (Å²) in [6.07, 6.45) is 2.41. The maximum atomic E-state index is 10.4. The summed E-state index contributed by atoms with van der Waals surface area (Å²) in [7, 11) is 0. The van der Waals surface area contributed by atoms with Gasteiger partial charge in [-0.1, -0.05) is 6.92 Å². The van der Waals surface area contributed by atoms with Crippen LogP contribution in [0.5, 0.6) is 0 Å². The van der Waals surface area contributed by atoms with Crippen LogP contribution in [0.25, 0.3) is 0 Å². The zero-order valence-corrected chi connectivity index (χ0v) is 7.55. The van der Waals surface area contributed by atoms with Gasteiger partial charge in [-0.2, -0.15) is 0 Å². The van der Waals surface area contributed by atoms with Gasteiger partial charge in [0.1, 0.15) is 0 Å². The molecule has 1 rings (SSSR count). The topological polar surface area (TPSA) is 58.4 Å². The minimum Gasteiger partial charge on any atom is -0.352 e. The van der Waals surface area contributed by atoms with Crippen LogP contribution in [0, 0.1) is 0 Å². The van der Waals surface area contributed by atoms with Gasteiger partial charge in [0.05, 0.1) is 0 Å². The number of nitrogens with two attached hydrogens (primary N) is 1. The molecular weight excluding hydrogens is 154 g/mol. The number of carbonyl (C=O) groups excluding carboxylic acids is 1. The number of primary amides is 1. The summed E-state index contributed by atoms with van der Waals surface area (Å²) in [6.45, 7) is 5.05. The van der Waals surface area contributed by atoms with Crippen LogP contribution in [0.15, 0.2) is 0 Å². The lowest BCUT2D eigenvalue weighted by Gasteiger charge is -2.22. The summed E-state index contributed by atoms with van der Waals surface area (Å²) in [4.78, 5) is 12.8. The lowest BCUT2D eigenvalue weighted by Crippen LogP contribution is -2.41. The molecule has 0 radical (unpaired) electrons. The van der Waals surface area contributed by atoms with E-state index in [-0.39, 0.29) is 0 Å². The van der Waals surface area contributed by atoms with Crippen LogP contribution in [0.1, 0.15) is 19.8 Å². The molecule has 0 aromatic heterocycles. The van der Waals surface area contributed by atoms with Crippen LogP contribution in [0.2, 0.25) is 0 Å². The molecule has 4 heteroatoms. The summed E-state index contributed by atoms with van der Waals surface area (Å²) in [5.74, 6) is 0. The van der Waals surface area contributed by atoms with Gasteiger partial charge in [-0.15, -0.1) is 0 Å². The lowest BCUT2D eigenvalue weighted by molar-refractivity contribution is 0.235. The van der Waals surface area contributed by atoms with Crippen molar-refractivity contribution in [2.24, 2.45) is 5.73 Å². The van der Waals surface area contributed by atoms with Crippen LogP contribution in [0.4, 0.5) is 4.79 Å². The molecule has 1 aliphatic heterocycles. The number of carbonyl (C=O) groups is 1. The van der Waals surface area contributed by atoms with Gasteiger partial charge in [0, 0.05) is 12.6 Å². The van der Waals surface area contributed by atoms with Crippen molar-refractivity contribution in [2.75, 3.05) is 19.6 Å². The second kappa shape index (κ2) is 4.30. The Morgan fingerprint density at radius 1 is 1.75 bits per heavy atom. The molecule has 1 atom stereocenters. The van der Waals surface area contributed by atoms with Crippen molar-refractivity contribution in [2.45, 2.75) is 25.8 Å². The summed E-state index contributed by atoms with van der Waals surface area (Å²) in [6, 6.07) is 0.0838. The molecule has 0 aliphatic carbocycles. The maximum Gasteiger partial charge on any atom is 0.312 e. The highest BCUT2D eigenvalue weighted by Gasteiger charge is 2.22. The third kappa shape index (κ3) is 2.37. The number of likely N-dealkylation sites (tertiary alicyclic amines) is 1. The van der Waals surface area contributed by atoms with Gasteiger partial charge in [-0.25, -0.2) is 4.79 Å². The molecule has 4 nitrogen and oxygen atoms in total. The van der Waals surface area contributed by atoms with Gasteiger partial charge in [-0.05, 0) is 25.9 Å². The molecule has 12 heavy (non-hydrogen) atoms. The molecule has 2 amide bonds. The van der Waals surface area contributed by atoms with E-state index in [4.69, 9.17) is 5.73 Å². The van der Waals surface area contributed by atoms with E-state index in [9.17, 15) is 4.79 Å². The van der Waals surface area contributed by atoms with E-state index in [1.807, 2.05) is 0 Å². The van der Waals surface area contributed by atoms with E-state index < -0.39 is 6.03 Å². The Bertz CT molecular complexity index is 160. The van der Waals surface area contributed by atoms with Crippen LogP contribution >= 0.6 is 0 Å².